The van der Waals surface area contributed by atoms with Crippen molar-refractivity contribution in [3.8, 4) is 0 Å². The zero-order valence-electron chi connectivity index (χ0n) is 15.0. The van der Waals surface area contributed by atoms with Gasteiger partial charge in [-0.05, 0) is 74.8 Å². The molecule has 0 heterocycles. The summed E-state index contributed by atoms with van der Waals surface area (Å²) in [7, 11) is 1.05. The molecule has 1 atom stereocenters. The maximum absolute atomic E-state index is 5.77. The Morgan fingerprint density at radius 3 is 1.68 bits per heavy atom. The predicted molar refractivity (Wildman–Crippen MR) is 99.7 cm³/mol. The average molecular weight is 321 g/mol. The molecule has 2 fully saturated rings. The molecule has 0 N–H and O–H groups in total. The summed E-state index contributed by atoms with van der Waals surface area (Å²) < 4.78 is 5.77. The van der Waals surface area contributed by atoms with E-state index in [2.05, 4.69) is 38.2 Å². The fraction of sp³-hybridized carbons (Fsp3) is 0.800. The minimum atomic E-state index is -0.893. The summed E-state index contributed by atoms with van der Waals surface area (Å²) in [4.78, 5) is 0. The summed E-state index contributed by atoms with van der Waals surface area (Å²) >= 11 is 0. The van der Waals surface area contributed by atoms with Crippen molar-refractivity contribution in [3.05, 3.63) is 24.3 Å². The van der Waals surface area contributed by atoms with Crippen LogP contribution in [-0.2, 0) is 4.43 Å². The number of hydrogen-bond acceptors (Lipinski definition) is 1. The molecular weight excluding hydrogens is 284 g/mol. The lowest BCUT2D eigenvalue weighted by molar-refractivity contribution is 0.345. The molecule has 0 saturated heterocycles. The third-order valence-electron chi connectivity index (χ3n) is 5.98. The van der Waals surface area contributed by atoms with Crippen LogP contribution in [0.5, 0.6) is 0 Å². The van der Waals surface area contributed by atoms with E-state index >= 15 is 0 Å². The molecular formula is C20H36OSi. The minimum Gasteiger partial charge on any atom is -0.423 e. The van der Waals surface area contributed by atoms with Gasteiger partial charge in [-0.3, -0.25) is 0 Å². The maximum Gasteiger partial charge on any atom is 0.179 e. The Labute approximate surface area is 139 Å². The summed E-state index contributed by atoms with van der Waals surface area (Å²) in [5, 5.41) is 0. The Hall–Kier alpha value is -0.343. The topological polar surface area (TPSA) is 9.23 Å². The molecule has 1 nitrogen and oxygen atoms in total. The number of allylic oxidation sites excluding steroid dienone is 4. The summed E-state index contributed by atoms with van der Waals surface area (Å²) in [5.74, 6) is 2.57. The van der Waals surface area contributed by atoms with Crippen molar-refractivity contribution in [2.75, 3.05) is 7.11 Å². The average Bonchev–Trinajstić information content (AvgIpc) is 2.57. The van der Waals surface area contributed by atoms with Crippen molar-refractivity contribution < 1.29 is 4.43 Å². The van der Waals surface area contributed by atoms with Gasteiger partial charge in [-0.1, -0.05) is 44.1 Å². The lowest BCUT2D eigenvalue weighted by Crippen LogP contribution is -2.26. The summed E-state index contributed by atoms with van der Waals surface area (Å²) in [6.45, 7) is 4.47. The summed E-state index contributed by atoms with van der Waals surface area (Å²) in [5.41, 5.74) is 0.941. The lowest BCUT2D eigenvalue weighted by atomic mass is 9.80. The van der Waals surface area contributed by atoms with E-state index in [1.54, 1.807) is 0 Å². The van der Waals surface area contributed by atoms with Gasteiger partial charge in [0, 0.05) is 7.11 Å². The molecule has 1 unspecified atom stereocenters. The van der Waals surface area contributed by atoms with Gasteiger partial charge in [-0.2, -0.15) is 0 Å². The van der Waals surface area contributed by atoms with Crippen molar-refractivity contribution in [2.45, 2.75) is 76.8 Å². The van der Waals surface area contributed by atoms with Crippen molar-refractivity contribution in [2.24, 2.45) is 17.8 Å². The van der Waals surface area contributed by atoms with Crippen LogP contribution in [0.3, 0.4) is 0 Å². The van der Waals surface area contributed by atoms with E-state index in [-0.39, 0.29) is 0 Å². The molecule has 0 aromatic carbocycles. The zero-order chi connectivity index (χ0) is 15.8. The van der Waals surface area contributed by atoms with Gasteiger partial charge in [0.2, 0.25) is 0 Å². The normalized spacial score (nSPS) is 35.2. The third-order valence-corrected chi connectivity index (χ3v) is 9.11. The standard InChI is InChI=1S/C20H36OSi/c1-4-6-17-7-9-18(10-8-17)11-12-19-13-15-20(16-14-19)22(5-2)21-3/h4,6,11-12,17-20,22H,5,7-10,13-16H2,1-3H3. The Morgan fingerprint density at radius 1 is 0.818 bits per heavy atom. The highest BCUT2D eigenvalue weighted by Crippen LogP contribution is 2.37. The van der Waals surface area contributed by atoms with Crippen LogP contribution >= 0.6 is 0 Å². The minimum absolute atomic E-state index is 0.855. The Morgan fingerprint density at radius 2 is 1.27 bits per heavy atom. The smallest absolute Gasteiger partial charge is 0.179 e. The van der Waals surface area contributed by atoms with Gasteiger partial charge in [0.15, 0.2) is 9.04 Å². The van der Waals surface area contributed by atoms with Crippen molar-refractivity contribution in [3.63, 3.8) is 0 Å². The van der Waals surface area contributed by atoms with E-state index in [0.717, 1.165) is 23.3 Å². The monoisotopic (exact) mass is 320 g/mol. The van der Waals surface area contributed by atoms with Crippen molar-refractivity contribution >= 4 is 9.04 Å². The van der Waals surface area contributed by atoms with Crippen LogP contribution in [-0.4, -0.2) is 16.2 Å². The van der Waals surface area contributed by atoms with Crippen LogP contribution in [0, 0.1) is 17.8 Å². The molecule has 2 rings (SSSR count). The lowest BCUT2D eigenvalue weighted by Gasteiger charge is -2.31. The SMILES string of the molecule is CC=CC1CCC(C=CC2CCC([SiH](CC)OC)CC2)CC1. The summed E-state index contributed by atoms with van der Waals surface area (Å²) in [6, 6.07) is 1.30. The number of hydrogen-bond donors (Lipinski definition) is 0. The Bertz CT molecular complexity index is 343. The second-order valence-corrected chi connectivity index (χ2v) is 10.8. The van der Waals surface area contributed by atoms with Gasteiger partial charge in [0.1, 0.15) is 0 Å². The largest absolute Gasteiger partial charge is 0.423 e. The van der Waals surface area contributed by atoms with E-state index in [4.69, 9.17) is 4.43 Å². The molecule has 2 heteroatoms. The molecule has 2 aliphatic carbocycles. The first-order chi connectivity index (χ1) is 10.8. The maximum atomic E-state index is 5.77. The molecule has 0 aromatic heterocycles. The molecule has 0 aromatic rings. The van der Waals surface area contributed by atoms with Crippen LogP contribution in [0.15, 0.2) is 24.3 Å². The second-order valence-electron chi connectivity index (χ2n) is 7.44. The van der Waals surface area contributed by atoms with Crippen LogP contribution < -0.4 is 0 Å². The fourth-order valence-electron chi connectivity index (χ4n) is 4.52. The molecule has 0 spiro atoms. The third kappa shape index (κ3) is 5.38. The van der Waals surface area contributed by atoms with Crippen molar-refractivity contribution in [1.82, 2.24) is 0 Å². The molecule has 2 aliphatic rings. The summed E-state index contributed by atoms with van der Waals surface area (Å²) in [6.07, 6.45) is 21.0. The fourth-order valence-corrected chi connectivity index (χ4v) is 7.03. The first-order valence-corrected chi connectivity index (χ1v) is 11.6. The number of rotatable bonds is 6. The van der Waals surface area contributed by atoms with Crippen LogP contribution in [0.2, 0.25) is 11.6 Å². The van der Waals surface area contributed by atoms with Crippen molar-refractivity contribution in [1.29, 1.82) is 0 Å². The first kappa shape index (κ1) is 18.0. The van der Waals surface area contributed by atoms with E-state index in [1.807, 2.05) is 7.11 Å². The molecule has 2 saturated carbocycles. The van der Waals surface area contributed by atoms with Gasteiger partial charge < -0.3 is 4.43 Å². The second kappa shape index (κ2) is 9.72. The molecule has 0 bridgehead atoms. The predicted octanol–water partition coefficient (Wildman–Crippen LogP) is 5.88. The van der Waals surface area contributed by atoms with Gasteiger partial charge >= 0.3 is 0 Å². The molecule has 126 valence electrons. The van der Waals surface area contributed by atoms with Crippen LogP contribution in [0.4, 0.5) is 0 Å². The van der Waals surface area contributed by atoms with Gasteiger partial charge in [0.05, 0.1) is 0 Å². The first-order valence-electron chi connectivity index (χ1n) is 9.60. The van der Waals surface area contributed by atoms with Gasteiger partial charge in [-0.25, -0.2) is 0 Å². The highest BCUT2D eigenvalue weighted by Gasteiger charge is 2.27. The molecule has 0 radical (unpaired) electrons. The van der Waals surface area contributed by atoms with E-state index < -0.39 is 9.04 Å². The molecule has 22 heavy (non-hydrogen) atoms. The Balaban J connectivity index is 1.70. The van der Waals surface area contributed by atoms with Gasteiger partial charge in [-0.15, -0.1) is 0 Å². The van der Waals surface area contributed by atoms with E-state index in [9.17, 15) is 0 Å². The van der Waals surface area contributed by atoms with Crippen LogP contribution in [0.25, 0.3) is 0 Å². The van der Waals surface area contributed by atoms with Crippen LogP contribution in [0.1, 0.15) is 65.2 Å². The highest BCUT2D eigenvalue weighted by atomic mass is 28.3. The zero-order valence-corrected chi connectivity index (χ0v) is 16.1. The van der Waals surface area contributed by atoms with Gasteiger partial charge in [0.25, 0.3) is 0 Å². The molecule has 0 amide bonds. The Kier molecular flexibility index (Phi) is 7.95. The van der Waals surface area contributed by atoms with E-state index in [1.165, 1.54) is 57.4 Å². The van der Waals surface area contributed by atoms with E-state index in [0.29, 0.717) is 0 Å². The highest BCUT2D eigenvalue weighted by molar-refractivity contribution is 6.53. The quantitative estimate of drug-likeness (QED) is 0.439. The molecule has 0 aliphatic heterocycles.